The van der Waals surface area contributed by atoms with E-state index in [0.717, 1.165) is 107 Å². The van der Waals surface area contributed by atoms with Crippen LogP contribution in [-0.4, -0.2) is 104 Å². The summed E-state index contributed by atoms with van der Waals surface area (Å²) in [7, 11) is 1.86. The van der Waals surface area contributed by atoms with Gasteiger partial charge in [-0.3, -0.25) is 34.6 Å². The SMILES string of the molecule is Cc1cc(OC2CC3CC(CCCN4CCN(c5ccc6c(C7CCC(=O)NC7=O)nn(C)c6n5)CC4)CC3C2)ccc1-c1ccc(N2CCc3cccc(C(=O)Nc4nc5ccccc5s4)c3C2)nc1C(=O)O. The molecule has 16 nitrogen and oxygen atoms in total. The number of pyridine rings is 2. The third-order valence-corrected chi connectivity index (χ3v) is 17.3. The summed E-state index contributed by atoms with van der Waals surface area (Å²) in [6.07, 6.45) is 8.83. The number of para-hydroxylation sites is 1. The predicted molar refractivity (Wildman–Crippen MR) is 285 cm³/mol. The number of piperazine rings is 1. The number of carboxylic acids is 1. The van der Waals surface area contributed by atoms with Crippen molar-refractivity contribution in [3.63, 3.8) is 0 Å². The fourth-order valence-electron chi connectivity index (χ4n) is 12.6. The number of ether oxygens (including phenoxy) is 1. The van der Waals surface area contributed by atoms with Crippen LogP contribution in [0.15, 0.2) is 84.9 Å². The van der Waals surface area contributed by atoms with Crippen molar-refractivity contribution in [2.75, 3.05) is 54.4 Å². The second-order valence-electron chi connectivity index (χ2n) is 21.0. The number of aromatic nitrogens is 5. The highest BCUT2D eigenvalue weighted by molar-refractivity contribution is 7.22. The molecule has 2 saturated carbocycles. The van der Waals surface area contributed by atoms with Crippen molar-refractivity contribution < 1.29 is 29.0 Å². The van der Waals surface area contributed by atoms with Crippen molar-refractivity contribution in [1.82, 2.24) is 34.9 Å². The summed E-state index contributed by atoms with van der Waals surface area (Å²) in [6.45, 7) is 8.00. The molecule has 74 heavy (non-hydrogen) atoms. The number of thiazole rings is 1. The fraction of sp³-hybridized carbons (Fsp3) is 0.404. The molecular formula is C57H60N10O6S. The largest absolute Gasteiger partial charge is 0.490 e. The molecule has 0 spiro atoms. The van der Waals surface area contributed by atoms with Crippen molar-refractivity contribution in [3.05, 3.63) is 119 Å². The second-order valence-corrected chi connectivity index (χ2v) is 22.0. The Morgan fingerprint density at radius 3 is 2.41 bits per heavy atom. The van der Waals surface area contributed by atoms with Crippen molar-refractivity contribution in [1.29, 1.82) is 0 Å². The molecule has 3 unspecified atom stereocenters. The lowest BCUT2D eigenvalue weighted by Gasteiger charge is -2.35. The van der Waals surface area contributed by atoms with Gasteiger partial charge in [-0.2, -0.15) is 5.10 Å². The van der Waals surface area contributed by atoms with Gasteiger partial charge in [0.25, 0.3) is 5.91 Å². The van der Waals surface area contributed by atoms with Crippen molar-refractivity contribution >= 4 is 73.0 Å². The first-order valence-electron chi connectivity index (χ1n) is 26.2. The number of benzene rings is 3. The number of aromatic carboxylic acids is 1. The zero-order valence-electron chi connectivity index (χ0n) is 41.8. The van der Waals surface area contributed by atoms with E-state index in [0.29, 0.717) is 72.0 Å². The fourth-order valence-corrected chi connectivity index (χ4v) is 13.5. The van der Waals surface area contributed by atoms with Gasteiger partial charge in [-0.05, 0) is 159 Å². The molecule has 5 aliphatic rings. The number of carbonyl (C=O) groups is 4. The van der Waals surface area contributed by atoms with Gasteiger partial charge in [-0.1, -0.05) is 41.7 Å². The molecule has 3 amide bonds. The van der Waals surface area contributed by atoms with E-state index in [1.54, 1.807) is 4.68 Å². The normalized spacial score (nSPS) is 22.0. The molecule has 0 radical (unpaired) electrons. The van der Waals surface area contributed by atoms with Crippen LogP contribution in [0.1, 0.15) is 101 Å². The number of hydrogen-bond acceptors (Lipinski definition) is 13. The smallest absolute Gasteiger partial charge is 0.355 e. The molecule has 7 heterocycles. The Labute approximate surface area is 433 Å². The van der Waals surface area contributed by atoms with Crippen LogP contribution < -0.4 is 25.2 Å². The lowest BCUT2D eigenvalue weighted by molar-refractivity contribution is -0.134. The lowest BCUT2D eigenvalue weighted by atomic mass is 9.93. The molecule has 12 rings (SSSR count). The number of nitrogens with zero attached hydrogens (tertiary/aromatic N) is 8. The summed E-state index contributed by atoms with van der Waals surface area (Å²) >= 11 is 1.44. The van der Waals surface area contributed by atoms with Crippen LogP contribution in [0, 0.1) is 24.7 Å². The Hall–Kier alpha value is -7.24. The number of anilines is 3. The van der Waals surface area contributed by atoms with Gasteiger partial charge in [-0.15, -0.1) is 0 Å². The monoisotopic (exact) mass is 1010 g/mol. The Bertz CT molecular complexity index is 3300. The number of rotatable bonds is 13. The first kappa shape index (κ1) is 47.7. The summed E-state index contributed by atoms with van der Waals surface area (Å²) < 4.78 is 9.40. The van der Waals surface area contributed by atoms with Gasteiger partial charge in [0.15, 0.2) is 16.5 Å². The number of hydrogen-bond donors (Lipinski definition) is 3. The summed E-state index contributed by atoms with van der Waals surface area (Å²) in [6, 6.07) is 27.4. The van der Waals surface area contributed by atoms with Crippen molar-refractivity contribution in [3.8, 4) is 16.9 Å². The van der Waals surface area contributed by atoms with E-state index in [-0.39, 0.29) is 29.5 Å². The standard InChI is InChI=1S/C57H60N10O6S/c1-33-27-38(12-13-40(33)41-14-17-48(59-52(41)56(71)72)67-22-20-35-8-5-9-42(45(35)32-67)54(69)62-57-58-46-10-3-4-11-47(46)74-57)73-39-30-36-28-34(29-37(36)31-39)7-6-21-65-23-25-66(26-24-65)49-18-15-43-51(63-64(2)53(43)60-49)44-16-19-50(68)61-55(44)70/h3-5,8-15,17-18,27,34,36-37,39,44H,6-7,16,19-26,28-32H2,1-2H3,(H,71,72)(H,58,62,69)(H,61,68,70). The molecule has 7 aromatic rings. The first-order chi connectivity index (χ1) is 36.0. The van der Waals surface area contributed by atoms with Crippen LogP contribution in [0.2, 0.25) is 0 Å². The minimum atomic E-state index is -1.09. The Balaban J connectivity index is 0.611. The quantitative estimate of drug-likeness (QED) is 0.0932. The van der Waals surface area contributed by atoms with Crippen molar-refractivity contribution in [2.24, 2.45) is 24.8 Å². The molecule has 4 fully saturated rings. The number of fused-ring (bicyclic) bond motifs is 4. The molecule has 3 aromatic carbocycles. The topological polar surface area (TPSA) is 188 Å². The third-order valence-electron chi connectivity index (χ3n) is 16.4. The van der Waals surface area contributed by atoms with Crippen LogP contribution in [0.25, 0.3) is 32.4 Å². The Morgan fingerprint density at radius 1 is 0.838 bits per heavy atom. The summed E-state index contributed by atoms with van der Waals surface area (Å²) in [5.41, 5.74) is 7.14. The van der Waals surface area contributed by atoms with Crippen LogP contribution in [0.4, 0.5) is 16.8 Å². The molecule has 2 saturated heterocycles. The van der Waals surface area contributed by atoms with Crippen LogP contribution in [-0.2, 0) is 29.6 Å². The Kier molecular flexibility index (Phi) is 12.8. The number of piperidine rings is 1. The maximum Gasteiger partial charge on any atom is 0.355 e. The number of carbonyl (C=O) groups excluding carboxylic acids is 3. The van der Waals surface area contributed by atoms with E-state index in [9.17, 15) is 24.3 Å². The highest BCUT2D eigenvalue weighted by Crippen LogP contribution is 2.49. The summed E-state index contributed by atoms with van der Waals surface area (Å²) in [5, 5.41) is 22.0. The zero-order chi connectivity index (χ0) is 50.6. The van der Waals surface area contributed by atoms with Gasteiger partial charge in [0, 0.05) is 69.3 Å². The minimum Gasteiger partial charge on any atom is -0.490 e. The van der Waals surface area contributed by atoms with Gasteiger partial charge < -0.3 is 19.6 Å². The van der Waals surface area contributed by atoms with E-state index in [1.165, 1.54) is 37.0 Å². The van der Waals surface area contributed by atoms with Gasteiger partial charge in [0.05, 0.1) is 27.9 Å². The molecule has 17 heteroatoms. The average molecular weight is 1010 g/mol. The van der Waals surface area contributed by atoms with Crippen LogP contribution >= 0.6 is 11.3 Å². The number of aryl methyl sites for hydroxylation is 2. The van der Waals surface area contributed by atoms with E-state index >= 15 is 0 Å². The number of carboxylic acid groups (broad SMARTS) is 1. The lowest BCUT2D eigenvalue weighted by Crippen LogP contribution is -2.47. The molecule has 3 aliphatic heterocycles. The Morgan fingerprint density at radius 2 is 1.62 bits per heavy atom. The average Bonchev–Trinajstić information content (AvgIpc) is 4.17. The molecule has 0 bridgehead atoms. The summed E-state index contributed by atoms with van der Waals surface area (Å²) in [4.78, 5) is 72.1. The van der Waals surface area contributed by atoms with Gasteiger partial charge >= 0.3 is 5.97 Å². The van der Waals surface area contributed by atoms with Crippen LogP contribution in [0.5, 0.6) is 5.75 Å². The highest BCUT2D eigenvalue weighted by atomic mass is 32.1. The second kappa shape index (κ2) is 19.9. The van der Waals surface area contributed by atoms with Gasteiger partial charge in [0.2, 0.25) is 11.8 Å². The minimum absolute atomic E-state index is 0.00833. The van der Waals surface area contributed by atoms with Crippen LogP contribution in [0.3, 0.4) is 0 Å². The first-order valence-corrected chi connectivity index (χ1v) is 27.0. The molecule has 4 aromatic heterocycles. The maximum absolute atomic E-state index is 13.6. The molecule has 3 N–H and O–H groups in total. The maximum atomic E-state index is 13.6. The van der Waals surface area contributed by atoms with E-state index in [1.807, 2.05) is 92.8 Å². The number of nitrogens with one attached hydrogen (secondary N) is 2. The number of imide groups is 1. The van der Waals surface area contributed by atoms with E-state index < -0.39 is 11.9 Å². The van der Waals surface area contributed by atoms with E-state index in [2.05, 4.69) is 41.5 Å². The molecule has 3 atom stereocenters. The van der Waals surface area contributed by atoms with Crippen molar-refractivity contribution in [2.45, 2.75) is 83.3 Å². The zero-order valence-corrected chi connectivity index (χ0v) is 42.6. The third kappa shape index (κ3) is 9.47. The van der Waals surface area contributed by atoms with Gasteiger partial charge in [0.1, 0.15) is 17.4 Å². The molecular weight excluding hydrogens is 953 g/mol. The highest BCUT2D eigenvalue weighted by Gasteiger charge is 2.42. The molecule has 380 valence electrons. The summed E-state index contributed by atoms with van der Waals surface area (Å²) in [5.74, 6) is 2.19. The predicted octanol–water partition coefficient (Wildman–Crippen LogP) is 8.77. The van der Waals surface area contributed by atoms with Gasteiger partial charge in [-0.25, -0.2) is 19.7 Å². The number of amides is 3. The van der Waals surface area contributed by atoms with E-state index in [4.69, 9.17) is 14.7 Å². The molecule has 2 aliphatic carbocycles.